The molecule has 2 aliphatic rings. The number of nitrogens with zero attached hydrogens (tertiary/aromatic N) is 4. The second kappa shape index (κ2) is 6.44. The lowest BCUT2D eigenvalue weighted by molar-refractivity contribution is -0.142. The van der Waals surface area contributed by atoms with E-state index >= 15 is 0 Å². The highest BCUT2D eigenvalue weighted by Gasteiger charge is 2.32. The molecule has 0 spiro atoms. The minimum Gasteiger partial charge on any atom is -0.368 e. The minimum atomic E-state index is -0.654. The molecule has 7 nitrogen and oxygen atoms in total. The first-order valence-corrected chi connectivity index (χ1v) is 8.47. The van der Waals surface area contributed by atoms with Crippen molar-refractivity contribution in [3.05, 3.63) is 36.0 Å². The van der Waals surface area contributed by atoms with Crippen LogP contribution in [0.3, 0.4) is 0 Å². The van der Waals surface area contributed by atoms with E-state index in [0.29, 0.717) is 38.4 Å². The third-order valence-corrected chi connectivity index (χ3v) is 4.76. The number of fused-ring (bicyclic) bond motifs is 1. The molecule has 0 bridgehead atoms. The van der Waals surface area contributed by atoms with Gasteiger partial charge in [0.2, 0.25) is 5.95 Å². The molecule has 0 aromatic carbocycles. The van der Waals surface area contributed by atoms with Gasteiger partial charge in [0.1, 0.15) is 11.8 Å². The Morgan fingerprint density at radius 1 is 1.16 bits per heavy atom. The van der Waals surface area contributed by atoms with Crippen LogP contribution in [0.5, 0.6) is 0 Å². The first-order valence-electron chi connectivity index (χ1n) is 8.47. The molecule has 1 atom stereocenters. The van der Waals surface area contributed by atoms with Crippen LogP contribution in [0, 0.1) is 5.95 Å². The van der Waals surface area contributed by atoms with Gasteiger partial charge < -0.3 is 14.5 Å². The standard InChI is InChI=1S/C17H19FN4O3/c18-15-14(19-13-5-1-2-6-22(13)15)17(24)21-9-7-20(8-10-21)16(23)12-4-3-11-25-12/h1-2,5-6,12H,3-4,7-11H2/t12-/m0/s1. The average Bonchev–Trinajstić information content (AvgIpc) is 3.30. The van der Waals surface area contributed by atoms with E-state index in [1.807, 2.05) is 0 Å². The predicted molar refractivity (Wildman–Crippen MR) is 86.6 cm³/mol. The molecular weight excluding hydrogens is 327 g/mol. The van der Waals surface area contributed by atoms with Crippen molar-refractivity contribution in [3.63, 3.8) is 0 Å². The number of ether oxygens (including phenoxy) is 1. The lowest BCUT2D eigenvalue weighted by atomic mass is 10.2. The van der Waals surface area contributed by atoms with Gasteiger partial charge in [-0.15, -0.1) is 0 Å². The Labute approximate surface area is 144 Å². The van der Waals surface area contributed by atoms with Crippen molar-refractivity contribution >= 4 is 17.5 Å². The zero-order valence-electron chi connectivity index (χ0n) is 13.7. The number of halogens is 1. The van der Waals surface area contributed by atoms with Crippen molar-refractivity contribution in [1.82, 2.24) is 19.2 Å². The highest BCUT2D eigenvalue weighted by atomic mass is 19.1. The van der Waals surface area contributed by atoms with Crippen LogP contribution in [0.25, 0.3) is 5.65 Å². The number of carbonyl (C=O) groups excluding carboxylic acids is 2. The van der Waals surface area contributed by atoms with Gasteiger partial charge in [0, 0.05) is 39.0 Å². The van der Waals surface area contributed by atoms with E-state index in [1.165, 1.54) is 10.6 Å². The van der Waals surface area contributed by atoms with Gasteiger partial charge in [0.25, 0.3) is 11.8 Å². The topological polar surface area (TPSA) is 67.2 Å². The zero-order chi connectivity index (χ0) is 17.4. The van der Waals surface area contributed by atoms with Crippen molar-refractivity contribution < 1.29 is 18.7 Å². The summed E-state index contributed by atoms with van der Waals surface area (Å²) in [6, 6.07) is 5.07. The maximum absolute atomic E-state index is 14.4. The van der Waals surface area contributed by atoms with Gasteiger partial charge >= 0.3 is 0 Å². The van der Waals surface area contributed by atoms with Gasteiger partial charge in [0.15, 0.2) is 5.69 Å². The largest absolute Gasteiger partial charge is 0.368 e. The molecule has 132 valence electrons. The van der Waals surface area contributed by atoms with E-state index in [9.17, 15) is 14.0 Å². The van der Waals surface area contributed by atoms with E-state index < -0.39 is 11.9 Å². The number of rotatable bonds is 2. The molecule has 0 radical (unpaired) electrons. The van der Waals surface area contributed by atoms with Crippen LogP contribution in [0.2, 0.25) is 0 Å². The summed E-state index contributed by atoms with van der Waals surface area (Å²) >= 11 is 0. The molecule has 0 aliphatic carbocycles. The number of imidazole rings is 1. The van der Waals surface area contributed by atoms with Crippen molar-refractivity contribution in [2.24, 2.45) is 0 Å². The van der Waals surface area contributed by atoms with Gasteiger partial charge in [-0.1, -0.05) is 6.07 Å². The van der Waals surface area contributed by atoms with Crippen LogP contribution in [0.1, 0.15) is 23.3 Å². The maximum Gasteiger partial charge on any atom is 0.277 e. The Balaban J connectivity index is 1.44. The van der Waals surface area contributed by atoms with Crippen molar-refractivity contribution in [2.45, 2.75) is 18.9 Å². The quantitative estimate of drug-likeness (QED) is 0.812. The van der Waals surface area contributed by atoms with Gasteiger partial charge in [0.05, 0.1) is 0 Å². The summed E-state index contributed by atoms with van der Waals surface area (Å²) in [6.07, 6.45) is 2.84. The maximum atomic E-state index is 14.4. The summed E-state index contributed by atoms with van der Waals surface area (Å²) in [6.45, 7) is 2.22. The monoisotopic (exact) mass is 346 g/mol. The SMILES string of the molecule is O=C(c1nc2ccccn2c1F)N1CCN(C(=O)[C@@H]2CCCO2)CC1. The van der Waals surface area contributed by atoms with E-state index in [0.717, 1.165) is 12.8 Å². The summed E-state index contributed by atoms with van der Waals surface area (Å²) in [5, 5.41) is 0. The van der Waals surface area contributed by atoms with Gasteiger partial charge in [-0.2, -0.15) is 4.39 Å². The van der Waals surface area contributed by atoms with E-state index in [4.69, 9.17) is 4.74 Å². The van der Waals surface area contributed by atoms with Gasteiger partial charge in [-0.25, -0.2) is 4.98 Å². The van der Waals surface area contributed by atoms with Gasteiger partial charge in [-0.3, -0.25) is 14.0 Å². The van der Waals surface area contributed by atoms with Crippen LogP contribution in [-0.4, -0.2) is 69.9 Å². The molecule has 2 aromatic heterocycles. The van der Waals surface area contributed by atoms with Gasteiger partial charge in [-0.05, 0) is 25.0 Å². The smallest absolute Gasteiger partial charge is 0.277 e. The zero-order valence-corrected chi connectivity index (χ0v) is 13.7. The third kappa shape index (κ3) is 2.86. The van der Waals surface area contributed by atoms with Crippen LogP contribution in [0.15, 0.2) is 24.4 Å². The van der Waals surface area contributed by atoms with E-state index in [-0.39, 0.29) is 17.7 Å². The molecule has 25 heavy (non-hydrogen) atoms. The third-order valence-electron chi connectivity index (χ3n) is 4.76. The second-order valence-corrected chi connectivity index (χ2v) is 6.30. The highest BCUT2D eigenvalue weighted by Crippen LogP contribution is 2.18. The fourth-order valence-corrected chi connectivity index (χ4v) is 3.36. The molecule has 8 heteroatoms. The molecule has 2 aromatic rings. The summed E-state index contributed by atoms with van der Waals surface area (Å²) in [5.41, 5.74) is 0.223. The fraction of sp³-hybridized carbons (Fsp3) is 0.471. The molecule has 2 saturated heterocycles. The molecule has 4 heterocycles. The van der Waals surface area contributed by atoms with E-state index in [2.05, 4.69) is 4.98 Å². The number of hydrogen-bond donors (Lipinski definition) is 0. The molecule has 2 fully saturated rings. The molecule has 0 N–H and O–H groups in total. The Morgan fingerprint density at radius 3 is 2.60 bits per heavy atom. The fourth-order valence-electron chi connectivity index (χ4n) is 3.36. The number of hydrogen-bond acceptors (Lipinski definition) is 4. The second-order valence-electron chi connectivity index (χ2n) is 6.30. The number of aromatic nitrogens is 2. The van der Waals surface area contributed by atoms with Crippen LogP contribution in [0.4, 0.5) is 4.39 Å². The Bertz CT molecular complexity index is 807. The van der Waals surface area contributed by atoms with Crippen molar-refractivity contribution in [3.8, 4) is 0 Å². The Hall–Kier alpha value is -2.48. The minimum absolute atomic E-state index is 0.0106. The molecule has 0 unspecified atom stereocenters. The Morgan fingerprint density at radius 2 is 1.92 bits per heavy atom. The summed E-state index contributed by atoms with van der Waals surface area (Å²) in [5.74, 6) is -1.10. The van der Waals surface area contributed by atoms with Crippen molar-refractivity contribution in [1.29, 1.82) is 0 Å². The van der Waals surface area contributed by atoms with E-state index in [1.54, 1.807) is 28.0 Å². The Kier molecular flexibility index (Phi) is 4.12. The molecule has 2 amide bonds. The predicted octanol–water partition coefficient (Wildman–Crippen LogP) is 0.937. The number of carbonyl (C=O) groups is 2. The number of piperazine rings is 1. The molecular formula is C17H19FN4O3. The average molecular weight is 346 g/mol. The molecule has 0 saturated carbocycles. The molecule has 4 rings (SSSR count). The summed E-state index contributed by atoms with van der Waals surface area (Å²) < 4.78 is 21.1. The van der Waals surface area contributed by atoms with Crippen LogP contribution >= 0.6 is 0 Å². The first kappa shape index (κ1) is 16.0. The number of amides is 2. The number of pyridine rings is 1. The lowest BCUT2D eigenvalue weighted by Crippen LogP contribution is -2.53. The van der Waals surface area contributed by atoms with Crippen LogP contribution < -0.4 is 0 Å². The highest BCUT2D eigenvalue weighted by molar-refractivity contribution is 5.93. The normalized spacial score (nSPS) is 21.1. The first-order chi connectivity index (χ1) is 12.1. The molecule has 2 aliphatic heterocycles. The lowest BCUT2D eigenvalue weighted by Gasteiger charge is -2.35. The van der Waals surface area contributed by atoms with Crippen LogP contribution in [-0.2, 0) is 9.53 Å². The van der Waals surface area contributed by atoms with Crippen molar-refractivity contribution in [2.75, 3.05) is 32.8 Å². The summed E-state index contributed by atoms with van der Waals surface area (Å²) in [4.78, 5) is 32.3. The summed E-state index contributed by atoms with van der Waals surface area (Å²) in [7, 11) is 0.